The molecule has 0 amide bonds. The molecule has 0 unspecified atom stereocenters. The van der Waals surface area contributed by atoms with Gasteiger partial charge in [0, 0.05) is 5.69 Å². The molecule has 1 aromatic heterocycles. The largest absolute Gasteiger partial charge is 0.461 e. The van der Waals surface area contributed by atoms with Crippen LogP contribution in [0.25, 0.3) is 11.0 Å². The molecule has 24 heavy (non-hydrogen) atoms. The van der Waals surface area contributed by atoms with Gasteiger partial charge >= 0.3 is 5.97 Å². The quantitative estimate of drug-likeness (QED) is 0.735. The number of aryl methyl sites for hydroxylation is 1. The van der Waals surface area contributed by atoms with Crippen LogP contribution in [0.15, 0.2) is 42.5 Å². The minimum Gasteiger partial charge on any atom is -0.461 e. The summed E-state index contributed by atoms with van der Waals surface area (Å²) in [6.07, 6.45) is 0. The summed E-state index contributed by atoms with van der Waals surface area (Å²) in [5.41, 5.74) is 2.29. The average molecular weight is 325 g/mol. The highest BCUT2D eigenvalue weighted by atomic mass is 19.1. The van der Waals surface area contributed by atoms with Crippen molar-refractivity contribution in [3.05, 3.63) is 59.5 Å². The van der Waals surface area contributed by atoms with Crippen molar-refractivity contribution in [2.45, 2.75) is 13.8 Å². The van der Waals surface area contributed by atoms with Gasteiger partial charge in [0.05, 0.1) is 17.6 Å². The maximum atomic E-state index is 13.7. The maximum Gasteiger partial charge on any atom is 0.360 e. The molecule has 0 fully saturated rings. The molecule has 3 aromatic rings. The molecule has 0 aliphatic rings. The Morgan fingerprint density at radius 3 is 2.54 bits per heavy atom. The van der Waals surface area contributed by atoms with Crippen LogP contribution in [0, 0.1) is 12.7 Å². The van der Waals surface area contributed by atoms with Crippen molar-refractivity contribution in [1.82, 2.24) is 9.97 Å². The minimum atomic E-state index is -0.578. The van der Waals surface area contributed by atoms with E-state index in [4.69, 9.17) is 4.74 Å². The maximum absolute atomic E-state index is 13.7. The van der Waals surface area contributed by atoms with Gasteiger partial charge in [-0.15, -0.1) is 0 Å². The number of carbonyl (C=O) groups excluding carboxylic acids is 1. The monoisotopic (exact) mass is 325 g/mol. The van der Waals surface area contributed by atoms with E-state index in [0.29, 0.717) is 22.3 Å². The zero-order valence-corrected chi connectivity index (χ0v) is 13.3. The van der Waals surface area contributed by atoms with E-state index in [1.54, 1.807) is 38.1 Å². The first-order chi connectivity index (χ1) is 11.6. The van der Waals surface area contributed by atoms with Gasteiger partial charge in [0.1, 0.15) is 5.82 Å². The highest BCUT2D eigenvalue weighted by molar-refractivity contribution is 5.96. The van der Waals surface area contributed by atoms with Gasteiger partial charge in [-0.1, -0.05) is 18.2 Å². The number of hydrogen-bond donors (Lipinski definition) is 1. The van der Waals surface area contributed by atoms with Crippen molar-refractivity contribution >= 4 is 28.5 Å². The Morgan fingerprint density at radius 2 is 1.88 bits per heavy atom. The Balaban J connectivity index is 2.07. The van der Waals surface area contributed by atoms with E-state index in [1.165, 1.54) is 6.07 Å². The fourth-order valence-electron chi connectivity index (χ4n) is 2.24. The van der Waals surface area contributed by atoms with Crippen molar-refractivity contribution in [2.24, 2.45) is 0 Å². The Hall–Kier alpha value is -3.02. The molecule has 5 nitrogen and oxygen atoms in total. The predicted octanol–water partition coefficient (Wildman–Crippen LogP) is 4.00. The number of esters is 1. The number of hydrogen-bond acceptors (Lipinski definition) is 5. The van der Waals surface area contributed by atoms with Gasteiger partial charge in [0.2, 0.25) is 0 Å². The van der Waals surface area contributed by atoms with Crippen LogP contribution < -0.4 is 5.32 Å². The molecule has 0 saturated heterocycles. The first-order valence-electron chi connectivity index (χ1n) is 7.55. The van der Waals surface area contributed by atoms with Gasteiger partial charge in [-0.05, 0) is 43.7 Å². The molecule has 1 N–H and O–H groups in total. The normalized spacial score (nSPS) is 10.6. The molecule has 1 heterocycles. The second-order valence-electron chi connectivity index (χ2n) is 5.22. The van der Waals surface area contributed by atoms with Crippen molar-refractivity contribution in [1.29, 1.82) is 0 Å². The predicted molar refractivity (Wildman–Crippen MR) is 89.9 cm³/mol. The number of halogens is 1. The average Bonchev–Trinajstić information content (AvgIpc) is 2.58. The third-order valence-corrected chi connectivity index (χ3v) is 3.47. The molecule has 0 saturated carbocycles. The second kappa shape index (κ2) is 6.62. The second-order valence-corrected chi connectivity index (χ2v) is 5.22. The zero-order valence-electron chi connectivity index (χ0n) is 13.3. The zero-order chi connectivity index (χ0) is 17.1. The topological polar surface area (TPSA) is 64.1 Å². The number of carbonyl (C=O) groups is 1. The standard InChI is InChI=1S/C18H16FN3O2/c1-3-24-18(23)16-17(20-12-9-8-11(2)13(19)10-12)22-15-7-5-4-6-14(15)21-16/h4-10H,3H2,1-2H3,(H,20,22). The van der Waals surface area contributed by atoms with E-state index >= 15 is 0 Å². The minimum absolute atomic E-state index is 0.0662. The highest BCUT2D eigenvalue weighted by Crippen LogP contribution is 2.23. The van der Waals surface area contributed by atoms with E-state index in [9.17, 15) is 9.18 Å². The Labute approximate surface area is 138 Å². The smallest absolute Gasteiger partial charge is 0.360 e. The molecule has 2 aromatic carbocycles. The van der Waals surface area contributed by atoms with Gasteiger partial charge in [-0.3, -0.25) is 0 Å². The van der Waals surface area contributed by atoms with E-state index in [1.807, 2.05) is 12.1 Å². The number of para-hydroxylation sites is 2. The third-order valence-electron chi connectivity index (χ3n) is 3.47. The van der Waals surface area contributed by atoms with Crippen molar-refractivity contribution in [3.63, 3.8) is 0 Å². The molecule has 0 radical (unpaired) electrons. The Morgan fingerprint density at radius 1 is 1.17 bits per heavy atom. The lowest BCUT2D eigenvalue weighted by Gasteiger charge is -2.11. The summed E-state index contributed by atoms with van der Waals surface area (Å²) in [4.78, 5) is 20.9. The summed E-state index contributed by atoms with van der Waals surface area (Å²) in [6.45, 7) is 3.62. The van der Waals surface area contributed by atoms with Crippen LogP contribution in [0.2, 0.25) is 0 Å². The van der Waals surface area contributed by atoms with Crippen molar-refractivity contribution in [2.75, 3.05) is 11.9 Å². The summed E-state index contributed by atoms with van der Waals surface area (Å²) in [6, 6.07) is 11.9. The van der Waals surface area contributed by atoms with Gasteiger partial charge in [-0.2, -0.15) is 0 Å². The van der Waals surface area contributed by atoms with Crippen molar-refractivity contribution < 1.29 is 13.9 Å². The summed E-state index contributed by atoms with van der Waals surface area (Å²) in [5.74, 6) is -0.687. The molecule has 122 valence electrons. The molecule has 0 aliphatic carbocycles. The molecule has 0 aliphatic heterocycles. The molecule has 0 bridgehead atoms. The lowest BCUT2D eigenvalue weighted by Crippen LogP contribution is -2.12. The van der Waals surface area contributed by atoms with Crippen LogP contribution in [-0.4, -0.2) is 22.5 Å². The van der Waals surface area contributed by atoms with E-state index in [-0.39, 0.29) is 23.9 Å². The number of nitrogens with one attached hydrogen (secondary N) is 1. The lowest BCUT2D eigenvalue weighted by atomic mass is 10.2. The van der Waals surface area contributed by atoms with Crippen LogP contribution >= 0.6 is 0 Å². The van der Waals surface area contributed by atoms with Gasteiger partial charge < -0.3 is 10.1 Å². The number of fused-ring (bicyclic) bond motifs is 1. The van der Waals surface area contributed by atoms with Crippen molar-refractivity contribution in [3.8, 4) is 0 Å². The molecular formula is C18H16FN3O2. The van der Waals surface area contributed by atoms with E-state index in [2.05, 4.69) is 15.3 Å². The number of nitrogens with zero attached hydrogens (tertiary/aromatic N) is 2. The van der Waals surface area contributed by atoms with Crippen LogP contribution in [-0.2, 0) is 4.74 Å². The van der Waals surface area contributed by atoms with E-state index < -0.39 is 5.97 Å². The summed E-state index contributed by atoms with van der Waals surface area (Å²) < 4.78 is 18.8. The summed E-state index contributed by atoms with van der Waals surface area (Å²) >= 11 is 0. The fourth-order valence-corrected chi connectivity index (χ4v) is 2.24. The number of rotatable bonds is 4. The van der Waals surface area contributed by atoms with Gasteiger partial charge in [-0.25, -0.2) is 19.2 Å². The Kier molecular flexibility index (Phi) is 4.37. The van der Waals surface area contributed by atoms with Gasteiger partial charge in [0.15, 0.2) is 11.5 Å². The first kappa shape index (κ1) is 15.9. The lowest BCUT2D eigenvalue weighted by molar-refractivity contribution is 0.0521. The number of aromatic nitrogens is 2. The molecular weight excluding hydrogens is 309 g/mol. The SMILES string of the molecule is CCOC(=O)c1nc2ccccc2nc1Nc1ccc(C)c(F)c1. The molecule has 0 atom stereocenters. The van der Waals surface area contributed by atoms with Crippen LogP contribution in [0.5, 0.6) is 0 Å². The molecule has 6 heteroatoms. The highest BCUT2D eigenvalue weighted by Gasteiger charge is 2.18. The van der Waals surface area contributed by atoms with Gasteiger partial charge in [0.25, 0.3) is 0 Å². The number of ether oxygens (including phenoxy) is 1. The van der Waals surface area contributed by atoms with Crippen LogP contribution in [0.4, 0.5) is 15.9 Å². The Bertz CT molecular complexity index is 912. The number of benzene rings is 2. The number of anilines is 2. The van der Waals surface area contributed by atoms with E-state index in [0.717, 1.165) is 0 Å². The summed E-state index contributed by atoms with van der Waals surface area (Å²) in [7, 11) is 0. The fraction of sp³-hybridized carbons (Fsp3) is 0.167. The van der Waals surface area contributed by atoms with Crippen LogP contribution in [0.1, 0.15) is 23.0 Å². The third kappa shape index (κ3) is 3.17. The van der Waals surface area contributed by atoms with Crippen LogP contribution in [0.3, 0.4) is 0 Å². The molecule has 3 rings (SSSR count). The first-order valence-corrected chi connectivity index (χ1v) is 7.55. The summed E-state index contributed by atoms with van der Waals surface area (Å²) in [5, 5.41) is 2.96. The molecule has 0 spiro atoms.